The standard InChI is InChI=1S/C22H17ClN2/c23-20-11-5-10-19-21(16-8-4-9-18(24)13-16)17(14-25-22(19)20)12-15-6-2-1-3-7-15/h1-11,13-14H,12,24H2. The fraction of sp³-hybridized carbons (Fsp3) is 0.0455. The molecule has 2 N–H and O–H groups in total. The molecule has 122 valence electrons. The van der Waals surface area contributed by atoms with Crippen LogP contribution in [0.15, 0.2) is 79.0 Å². The van der Waals surface area contributed by atoms with Gasteiger partial charge in [0.1, 0.15) is 0 Å². The van der Waals surface area contributed by atoms with Crippen molar-refractivity contribution >= 4 is 28.2 Å². The Bertz CT molecular complexity index is 1040. The number of pyridine rings is 1. The molecule has 25 heavy (non-hydrogen) atoms. The fourth-order valence-electron chi connectivity index (χ4n) is 3.21. The van der Waals surface area contributed by atoms with E-state index in [1.807, 2.05) is 42.6 Å². The molecule has 0 atom stereocenters. The third-order valence-electron chi connectivity index (χ3n) is 4.34. The Labute approximate surface area is 151 Å². The highest BCUT2D eigenvalue weighted by atomic mass is 35.5. The first-order valence-corrected chi connectivity index (χ1v) is 8.56. The van der Waals surface area contributed by atoms with Crippen molar-refractivity contribution in [3.8, 4) is 11.1 Å². The molecule has 0 fully saturated rings. The second kappa shape index (κ2) is 6.58. The highest BCUT2D eigenvalue weighted by Crippen LogP contribution is 2.35. The summed E-state index contributed by atoms with van der Waals surface area (Å²) in [6.07, 6.45) is 2.74. The highest BCUT2D eigenvalue weighted by Gasteiger charge is 2.13. The van der Waals surface area contributed by atoms with Crippen LogP contribution in [-0.2, 0) is 6.42 Å². The summed E-state index contributed by atoms with van der Waals surface area (Å²) in [5.74, 6) is 0. The molecule has 0 unspecified atom stereocenters. The molecule has 0 spiro atoms. The van der Waals surface area contributed by atoms with E-state index in [4.69, 9.17) is 17.3 Å². The van der Waals surface area contributed by atoms with Crippen LogP contribution in [0.1, 0.15) is 11.1 Å². The van der Waals surface area contributed by atoms with Crippen molar-refractivity contribution in [3.05, 3.63) is 95.1 Å². The lowest BCUT2D eigenvalue weighted by Gasteiger charge is -2.14. The number of anilines is 1. The van der Waals surface area contributed by atoms with Crippen molar-refractivity contribution < 1.29 is 0 Å². The third-order valence-corrected chi connectivity index (χ3v) is 4.64. The summed E-state index contributed by atoms with van der Waals surface area (Å²) in [5, 5.41) is 1.71. The minimum absolute atomic E-state index is 0.661. The van der Waals surface area contributed by atoms with Crippen molar-refractivity contribution in [2.75, 3.05) is 5.73 Å². The largest absolute Gasteiger partial charge is 0.399 e. The molecule has 0 aliphatic carbocycles. The van der Waals surface area contributed by atoms with E-state index in [1.54, 1.807) is 0 Å². The SMILES string of the molecule is Nc1cccc(-c2c(Cc3ccccc3)cnc3c(Cl)cccc23)c1. The van der Waals surface area contributed by atoms with Gasteiger partial charge in [0.25, 0.3) is 0 Å². The molecule has 0 saturated heterocycles. The molecule has 2 nitrogen and oxygen atoms in total. The van der Waals surface area contributed by atoms with Crippen LogP contribution in [0, 0.1) is 0 Å². The molecule has 0 aliphatic rings. The van der Waals surface area contributed by atoms with Crippen molar-refractivity contribution in [1.29, 1.82) is 0 Å². The summed E-state index contributed by atoms with van der Waals surface area (Å²) in [7, 11) is 0. The fourth-order valence-corrected chi connectivity index (χ4v) is 3.44. The first-order chi connectivity index (χ1) is 12.2. The number of fused-ring (bicyclic) bond motifs is 1. The topological polar surface area (TPSA) is 38.9 Å². The van der Waals surface area contributed by atoms with Crippen LogP contribution in [0.25, 0.3) is 22.0 Å². The molecule has 3 heteroatoms. The Hall–Kier alpha value is -2.84. The number of nitrogen functional groups attached to an aromatic ring is 1. The van der Waals surface area contributed by atoms with Gasteiger partial charge in [0.05, 0.1) is 10.5 Å². The van der Waals surface area contributed by atoms with Crippen molar-refractivity contribution in [2.45, 2.75) is 6.42 Å². The summed E-state index contributed by atoms with van der Waals surface area (Å²) in [6, 6.07) is 24.3. The molecule has 0 saturated carbocycles. The lowest BCUT2D eigenvalue weighted by atomic mass is 9.93. The maximum absolute atomic E-state index is 6.37. The Morgan fingerprint density at radius 1 is 0.880 bits per heavy atom. The Morgan fingerprint density at radius 3 is 2.48 bits per heavy atom. The lowest BCUT2D eigenvalue weighted by Crippen LogP contribution is -1.97. The Balaban J connectivity index is 1.98. The van der Waals surface area contributed by atoms with E-state index in [1.165, 1.54) is 5.56 Å². The normalized spacial score (nSPS) is 10.9. The van der Waals surface area contributed by atoms with E-state index in [9.17, 15) is 0 Å². The summed E-state index contributed by atoms with van der Waals surface area (Å²) in [4.78, 5) is 4.62. The number of aromatic nitrogens is 1. The van der Waals surface area contributed by atoms with Gasteiger partial charge in [-0.25, -0.2) is 0 Å². The molecule has 4 rings (SSSR count). The Morgan fingerprint density at radius 2 is 1.68 bits per heavy atom. The van der Waals surface area contributed by atoms with Gasteiger partial charge in [-0.3, -0.25) is 4.98 Å². The van der Waals surface area contributed by atoms with Crippen LogP contribution < -0.4 is 5.73 Å². The predicted octanol–water partition coefficient (Wildman–Crippen LogP) is 5.73. The van der Waals surface area contributed by atoms with Gasteiger partial charge < -0.3 is 5.73 Å². The van der Waals surface area contributed by atoms with Crippen LogP contribution in [0.2, 0.25) is 5.02 Å². The average molecular weight is 345 g/mol. The second-order valence-corrected chi connectivity index (χ2v) is 6.49. The maximum Gasteiger partial charge on any atom is 0.0894 e. The summed E-state index contributed by atoms with van der Waals surface area (Å²) in [6.45, 7) is 0. The molecule has 0 amide bonds. The van der Waals surface area contributed by atoms with Crippen molar-refractivity contribution in [1.82, 2.24) is 4.98 Å². The van der Waals surface area contributed by atoms with Gasteiger partial charge in [0.15, 0.2) is 0 Å². The Kier molecular flexibility index (Phi) is 4.12. The molecular weight excluding hydrogens is 328 g/mol. The van der Waals surface area contributed by atoms with Gasteiger partial charge in [-0.1, -0.05) is 66.2 Å². The van der Waals surface area contributed by atoms with Gasteiger partial charge in [0.2, 0.25) is 0 Å². The summed E-state index contributed by atoms with van der Waals surface area (Å²) >= 11 is 6.37. The van der Waals surface area contributed by atoms with Crippen LogP contribution in [0.4, 0.5) is 5.69 Å². The number of benzene rings is 3. The van der Waals surface area contributed by atoms with Crippen molar-refractivity contribution in [2.24, 2.45) is 0 Å². The second-order valence-electron chi connectivity index (χ2n) is 6.08. The van der Waals surface area contributed by atoms with E-state index >= 15 is 0 Å². The van der Waals surface area contributed by atoms with Crippen LogP contribution in [0.3, 0.4) is 0 Å². The van der Waals surface area contributed by atoms with E-state index in [-0.39, 0.29) is 0 Å². The van der Waals surface area contributed by atoms with Gasteiger partial charge >= 0.3 is 0 Å². The first-order valence-electron chi connectivity index (χ1n) is 8.18. The number of hydrogen-bond acceptors (Lipinski definition) is 2. The monoisotopic (exact) mass is 344 g/mol. The number of hydrogen-bond donors (Lipinski definition) is 1. The average Bonchev–Trinajstić information content (AvgIpc) is 2.62. The maximum atomic E-state index is 6.37. The van der Waals surface area contributed by atoms with E-state index in [0.29, 0.717) is 5.02 Å². The lowest BCUT2D eigenvalue weighted by molar-refractivity contribution is 1.17. The number of nitrogens with two attached hydrogens (primary N) is 1. The van der Waals surface area contributed by atoms with E-state index in [2.05, 4.69) is 41.4 Å². The smallest absolute Gasteiger partial charge is 0.0894 e. The summed E-state index contributed by atoms with van der Waals surface area (Å²) in [5.41, 5.74) is 12.2. The number of rotatable bonds is 3. The molecule has 0 radical (unpaired) electrons. The molecule has 0 aliphatic heterocycles. The predicted molar refractivity (Wildman–Crippen MR) is 106 cm³/mol. The van der Waals surface area contributed by atoms with Gasteiger partial charge in [0, 0.05) is 17.3 Å². The molecular formula is C22H17ClN2. The molecule has 0 bridgehead atoms. The minimum atomic E-state index is 0.661. The zero-order valence-corrected chi connectivity index (χ0v) is 14.4. The van der Waals surface area contributed by atoms with Gasteiger partial charge in [-0.2, -0.15) is 0 Å². The van der Waals surface area contributed by atoms with E-state index < -0.39 is 0 Å². The molecule has 1 heterocycles. The minimum Gasteiger partial charge on any atom is -0.399 e. The zero-order valence-electron chi connectivity index (χ0n) is 13.6. The van der Waals surface area contributed by atoms with Crippen molar-refractivity contribution in [3.63, 3.8) is 0 Å². The van der Waals surface area contributed by atoms with Crippen LogP contribution in [-0.4, -0.2) is 4.98 Å². The zero-order chi connectivity index (χ0) is 17.2. The first kappa shape index (κ1) is 15.7. The van der Waals surface area contributed by atoms with Gasteiger partial charge in [-0.05, 0) is 46.9 Å². The summed E-state index contributed by atoms with van der Waals surface area (Å²) < 4.78 is 0. The van der Waals surface area contributed by atoms with Crippen LogP contribution >= 0.6 is 11.6 Å². The molecule has 4 aromatic rings. The van der Waals surface area contributed by atoms with E-state index in [0.717, 1.165) is 39.7 Å². The number of halogens is 1. The van der Waals surface area contributed by atoms with Crippen LogP contribution in [0.5, 0.6) is 0 Å². The molecule has 3 aromatic carbocycles. The highest BCUT2D eigenvalue weighted by molar-refractivity contribution is 6.35. The third kappa shape index (κ3) is 3.09. The number of nitrogens with zero attached hydrogens (tertiary/aromatic N) is 1. The number of para-hydroxylation sites is 1. The molecule has 1 aromatic heterocycles. The quantitative estimate of drug-likeness (QED) is 0.482. The van der Waals surface area contributed by atoms with Gasteiger partial charge in [-0.15, -0.1) is 0 Å².